The zero-order valence-corrected chi connectivity index (χ0v) is 24.6. The zero-order chi connectivity index (χ0) is 28.8. The molecule has 0 heterocycles. The van der Waals surface area contributed by atoms with Gasteiger partial charge in [-0.3, -0.25) is 13.9 Å². The smallest absolute Gasteiger partial charge is 0.244 e. The predicted octanol–water partition coefficient (Wildman–Crippen LogP) is 4.97. The molecule has 0 aliphatic heterocycles. The number of aryl methyl sites for hydroxylation is 1. The highest BCUT2D eigenvalue weighted by Crippen LogP contribution is 2.22. The molecule has 208 valence electrons. The third kappa shape index (κ3) is 9.11. The van der Waals surface area contributed by atoms with Crippen LogP contribution in [0.4, 0.5) is 5.69 Å². The Bertz CT molecular complexity index is 1370. The number of carbonyl (C=O) groups excluding carboxylic acids is 2. The number of nitrogens with one attached hydrogen (secondary N) is 1. The fourth-order valence-electron chi connectivity index (χ4n) is 4.12. The van der Waals surface area contributed by atoms with Gasteiger partial charge in [0.05, 0.1) is 11.9 Å². The molecular weight excluding hydrogens is 534 g/mol. The van der Waals surface area contributed by atoms with Crippen molar-refractivity contribution in [2.45, 2.75) is 52.2 Å². The van der Waals surface area contributed by atoms with Crippen LogP contribution in [0.15, 0.2) is 78.9 Å². The second kappa shape index (κ2) is 12.7. The molecule has 0 aromatic heterocycles. The second-order valence-electron chi connectivity index (χ2n) is 10.7. The molecular formula is C30H36ClN3O4S. The topological polar surface area (TPSA) is 86.8 Å². The number of hydrogen-bond donors (Lipinski definition) is 1. The van der Waals surface area contributed by atoms with E-state index in [0.717, 1.165) is 27.3 Å². The first-order valence-electron chi connectivity index (χ1n) is 12.7. The van der Waals surface area contributed by atoms with Crippen molar-refractivity contribution in [3.8, 4) is 0 Å². The number of halogens is 1. The molecule has 3 rings (SSSR count). The number of benzene rings is 3. The molecule has 0 radical (unpaired) electrons. The van der Waals surface area contributed by atoms with Gasteiger partial charge < -0.3 is 10.2 Å². The first-order chi connectivity index (χ1) is 18.2. The Hall–Kier alpha value is -3.36. The number of anilines is 1. The lowest BCUT2D eigenvalue weighted by molar-refractivity contribution is -0.140. The van der Waals surface area contributed by atoms with Gasteiger partial charge in [0.1, 0.15) is 12.6 Å². The largest absolute Gasteiger partial charge is 0.350 e. The lowest BCUT2D eigenvalue weighted by Gasteiger charge is -2.35. The van der Waals surface area contributed by atoms with Crippen LogP contribution in [0.25, 0.3) is 0 Å². The first-order valence-corrected chi connectivity index (χ1v) is 14.9. The number of carbonyl (C=O) groups is 2. The van der Waals surface area contributed by atoms with Gasteiger partial charge >= 0.3 is 0 Å². The normalized spacial score (nSPS) is 12.5. The Balaban J connectivity index is 2.06. The standard InChI is InChI=1S/C30H36ClN3O4S/c1-22-11-17-26(18-12-22)34(39(5,37)38)21-28(35)33(20-24-13-15-25(31)16-14-24)27(29(36)32-30(2,3)4)19-23-9-7-6-8-10-23/h6-18,27H,19-21H2,1-5H3,(H,32,36). The van der Waals surface area contributed by atoms with Crippen molar-refractivity contribution in [2.75, 3.05) is 17.1 Å². The van der Waals surface area contributed by atoms with Gasteiger partial charge in [-0.05, 0) is 63.1 Å². The highest BCUT2D eigenvalue weighted by atomic mass is 35.5. The molecule has 39 heavy (non-hydrogen) atoms. The summed E-state index contributed by atoms with van der Waals surface area (Å²) in [5, 5.41) is 3.55. The van der Waals surface area contributed by atoms with Crippen molar-refractivity contribution in [1.29, 1.82) is 0 Å². The molecule has 1 unspecified atom stereocenters. The van der Waals surface area contributed by atoms with E-state index in [1.807, 2.05) is 58.0 Å². The zero-order valence-electron chi connectivity index (χ0n) is 23.0. The van der Waals surface area contributed by atoms with E-state index in [2.05, 4.69) is 5.32 Å². The highest BCUT2D eigenvalue weighted by molar-refractivity contribution is 7.92. The molecule has 0 bridgehead atoms. The van der Waals surface area contributed by atoms with Crippen LogP contribution in [0.1, 0.15) is 37.5 Å². The van der Waals surface area contributed by atoms with Gasteiger partial charge in [0, 0.05) is 23.5 Å². The summed E-state index contributed by atoms with van der Waals surface area (Å²) in [4.78, 5) is 29.2. The molecule has 0 saturated heterocycles. The fourth-order valence-corrected chi connectivity index (χ4v) is 5.09. The Morgan fingerprint density at radius 3 is 2.03 bits per heavy atom. The Morgan fingerprint density at radius 2 is 1.49 bits per heavy atom. The average molecular weight is 570 g/mol. The third-order valence-corrected chi connectivity index (χ3v) is 7.43. The summed E-state index contributed by atoms with van der Waals surface area (Å²) in [6.07, 6.45) is 1.32. The van der Waals surface area contributed by atoms with Crippen molar-refractivity contribution in [2.24, 2.45) is 0 Å². The summed E-state index contributed by atoms with van der Waals surface area (Å²) in [6.45, 7) is 7.16. The van der Waals surface area contributed by atoms with Crippen LogP contribution in [0.2, 0.25) is 5.02 Å². The first kappa shape index (κ1) is 30.2. The summed E-state index contributed by atoms with van der Waals surface area (Å²) < 4.78 is 26.7. The van der Waals surface area contributed by atoms with Gasteiger partial charge in [-0.1, -0.05) is 71.8 Å². The maximum atomic E-state index is 14.0. The number of hydrogen-bond acceptors (Lipinski definition) is 4. The van der Waals surface area contributed by atoms with Crippen LogP contribution < -0.4 is 9.62 Å². The highest BCUT2D eigenvalue weighted by Gasteiger charge is 2.34. The minimum absolute atomic E-state index is 0.0938. The predicted molar refractivity (Wildman–Crippen MR) is 157 cm³/mol. The number of rotatable bonds is 10. The average Bonchev–Trinajstić information content (AvgIpc) is 2.85. The monoisotopic (exact) mass is 569 g/mol. The van der Waals surface area contributed by atoms with Gasteiger partial charge in [0.25, 0.3) is 0 Å². The SMILES string of the molecule is Cc1ccc(N(CC(=O)N(Cc2ccc(Cl)cc2)C(Cc2ccccc2)C(=O)NC(C)(C)C)S(C)(=O)=O)cc1. The second-order valence-corrected chi connectivity index (χ2v) is 13.0. The molecule has 0 fully saturated rings. The summed E-state index contributed by atoms with van der Waals surface area (Å²) in [7, 11) is -3.80. The molecule has 9 heteroatoms. The Kier molecular flexibility index (Phi) is 9.80. The molecule has 0 spiro atoms. The molecule has 7 nitrogen and oxygen atoms in total. The lowest BCUT2D eigenvalue weighted by atomic mass is 10.0. The molecule has 0 aliphatic carbocycles. The molecule has 1 atom stereocenters. The van der Waals surface area contributed by atoms with Crippen molar-refractivity contribution in [3.05, 3.63) is 101 Å². The minimum atomic E-state index is -3.80. The molecule has 0 aliphatic rings. The van der Waals surface area contributed by atoms with E-state index in [9.17, 15) is 18.0 Å². The van der Waals surface area contributed by atoms with E-state index in [1.54, 1.807) is 48.5 Å². The molecule has 3 aromatic carbocycles. The van der Waals surface area contributed by atoms with Crippen molar-refractivity contribution in [1.82, 2.24) is 10.2 Å². The maximum absolute atomic E-state index is 14.0. The molecule has 0 saturated carbocycles. The van der Waals surface area contributed by atoms with Crippen LogP contribution in [0, 0.1) is 6.92 Å². The number of sulfonamides is 1. The summed E-state index contributed by atoms with van der Waals surface area (Å²) >= 11 is 6.08. The fraction of sp³-hybridized carbons (Fsp3) is 0.333. The van der Waals surface area contributed by atoms with Crippen molar-refractivity contribution < 1.29 is 18.0 Å². The van der Waals surface area contributed by atoms with Gasteiger partial charge in [-0.25, -0.2) is 8.42 Å². The quantitative estimate of drug-likeness (QED) is 0.373. The number of nitrogens with zero attached hydrogens (tertiary/aromatic N) is 2. The van der Waals surface area contributed by atoms with Crippen LogP contribution in [-0.4, -0.2) is 49.5 Å². The summed E-state index contributed by atoms with van der Waals surface area (Å²) in [5.41, 5.74) is 2.43. The van der Waals surface area contributed by atoms with Gasteiger partial charge in [0.2, 0.25) is 21.8 Å². The van der Waals surface area contributed by atoms with E-state index in [1.165, 1.54) is 4.90 Å². The van der Waals surface area contributed by atoms with E-state index in [-0.39, 0.29) is 18.9 Å². The van der Waals surface area contributed by atoms with Crippen LogP contribution in [0.5, 0.6) is 0 Å². The maximum Gasteiger partial charge on any atom is 0.244 e. The van der Waals surface area contributed by atoms with Crippen LogP contribution in [-0.2, 0) is 32.6 Å². The van der Waals surface area contributed by atoms with Crippen LogP contribution >= 0.6 is 11.6 Å². The van der Waals surface area contributed by atoms with E-state index in [4.69, 9.17) is 11.6 Å². The van der Waals surface area contributed by atoms with E-state index < -0.39 is 34.1 Å². The van der Waals surface area contributed by atoms with Gasteiger partial charge in [0.15, 0.2) is 0 Å². The van der Waals surface area contributed by atoms with E-state index >= 15 is 0 Å². The van der Waals surface area contributed by atoms with Gasteiger partial charge in [-0.15, -0.1) is 0 Å². The van der Waals surface area contributed by atoms with E-state index in [0.29, 0.717) is 10.7 Å². The van der Waals surface area contributed by atoms with Gasteiger partial charge in [-0.2, -0.15) is 0 Å². The molecule has 3 aromatic rings. The summed E-state index contributed by atoms with van der Waals surface area (Å²) in [6, 6.07) is 22.5. The minimum Gasteiger partial charge on any atom is -0.350 e. The lowest BCUT2D eigenvalue weighted by Crippen LogP contribution is -2.56. The summed E-state index contributed by atoms with van der Waals surface area (Å²) in [5.74, 6) is -0.823. The number of amides is 2. The van der Waals surface area contributed by atoms with Crippen molar-refractivity contribution >= 4 is 39.1 Å². The van der Waals surface area contributed by atoms with Crippen molar-refractivity contribution in [3.63, 3.8) is 0 Å². The molecule has 1 N–H and O–H groups in total. The Morgan fingerprint density at radius 1 is 0.897 bits per heavy atom. The molecule has 2 amide bonds. The third-order valence-electron chi connectivity index (χ3n) is 6.04. The Labute approximate surface area is 236 Å². The van der Waals surface area contributed by atoms with Crippen LogP contribution in [0.3, 0.4) is 0 Å².